The van der Waals surface area contributed by atoms with Crippen LogP contribution >= 0.6 is 0 Å². The van der Waals surface area contributed by atoms with E-state index in [0.717, 1.165) is 57.6 Å². The first kappa shape index (κ1) is 13.9. The lowest BCUT2D eigenvalue weighted by Crippen LogP contribution is -2.45. The molecule has 1 aliphatic carbocycles. The first-order valence-corrected chi connectivity index (χ1v) is 7.25. The van der Waals surface area contributed by atoms with Crippen LogP contribution in [0, 0.1) is 23.4 Å². The van der Waals surface area contributed by atoms with E-state index in [9.17, 15) is 13.2 Å². The van der Waals surface area contributed by atoms with Gasteiger partial charge in [0.1, 0.15) is 5.82 Å². The number of hydrogen-bond acceptors (Lipinski definition) is 2. The molecule has 3 rings (SSSR count). The molecule has 2 nitrogen and oxygen atoms in total. The number of nitrogens with zero attached hydrogens (tertiary/aromatic N) is 1. The normalized spacial score (nSPS) is 21.9. The van der Waals surface area contributed by atoms with Crippen LogP contribution in [0.1, 0.15) is 30.9 Å². The third kappa shape index (κ3) is 2.83. The Bertz CT molecular complexity index is 482. The first-order chi connectivity index (χ1) is 9.66. The van der Waals surface area contributed by atoms with Crippen molar-refractivity contribution in [1.29, 1.82) is 0 Å². The number of benzene rings is 1. The van der Waals surface area contributed by atoms with Gasteiger partial charge in [0.2, 0.25) is 0 Å². The number of hydrogen-bond donors (Lipinski definition) is 1. The molecule has 1 saturated heterocycles. The quantitative estimate of drug-likeness (QED) is 0.855. The summed E-state index contributed by atoms with van der Waals surface area (Å²) in [7, 11) is 0. The molecule has 1 saturated carbocycles. The van der Waals surface area contributed by atoms with Gasteiger partial charge in [0.15, 0.2) is 11.6 Å². The molecule has 20 heavy (non-hydrogen) atoms. The van der Waals surface area contributed by atoms with Gasteiger partial charge in [0, 0.05) is 37.8 Å². The highest BCUT2D eigenvalue weighted by atomic mass is 19.2. The maximum Gasteiger partial charge on any atom is 0.166 e. The summed E-state index contributed by atoms with van der Waals surface area (Å²) >= 11 is 0. The van der Waals surface area contributed by atoms with Gasteiger partial charge in [-0.3, -0.25) is 4.90 Å². The van der Waals surface area contributed by atoms with Gasteiger partial charge < -0.3 is 5.32 Å². The average molecular weight is 284 g/mol. The molecule has 2 aliphatic rings. The van der Waals surface area contributed by atoms with Crippen molar-refractivity contribution in [2.75, 3.05) is 26.2 Å². The van der Waals surface area contributed by atoms with Gasteiger partial charge in [-0.05, 0) is 24.5 Å². The molecular formula is C15H19F3N2. The maximum atomic E-state index is 14.1. The van der Waals surface area contributed by atoms with Crippen molar-refractivity contribution in [3.05, 3.63) is 35.1 Å². The number of rotatable bonds is 4. The number of nitrogens with one attached hydrogen (secondary N) is 1. The molecule has 0 unspecified atom stereocenters. The van der Waals surface area contributed by atoms with E-state index in [1.165, 1.54) is 0 Å². The standard InChI is InChI=1S/C15H19F3N2/c16-11-3-4-12(17)15(18)14(11)13(9-10-1-2-10)20-7-5-19-6-8-20/h3-4,10,13,19H,1-2,5-9H2/t13-/m0/s1. The van der Waals surface area contributed by atoms with E-state index in [2.05, 4.69) is 10.2 Å². The van der Waals surface area contributed by atoms with Crippen LogP contribution in [0.15, 0.2) is 12.1 Å². The molecule has 1 aliphatic heterocycles. The Morgan fingerprint density at radius 3 is 2.40 bits per heavy atom. The molecule has 2 fully saturated rings. The first-order valence-electron chi connectivity index (χ1n) is 7.25. The van der Waals surface area contributed by atoms with E-state index in [0.29, 0.717) is 5.92 Å². The van der Waals surface area contributed by atoms with Gasteiger partial charge in [-0.1, -0.05) is 12.8 Å². The van der Waals surface area contributed by atoms with E-state index in [1.807, 2.05) is 0 Å². The van der Waals surface area contributed by atoms with Crippen LogP contribution in [0.4, 0.5) is 13.2 Å². The molecule has 0 aromatic heterocycles. The summed E-state index contributed by atoms with van der Waals surface area (Å²) < 4.78 is 41.6. The van der Waals surface area contributed by atoms with Crippen LogP contribution in [0.3, 0.4) is 0 Å². The van der Waals surface area contributed by atoms with Crippen LogP contribution in [-0.4, -0.2) is 31.1 Å². The van der Waals surface area contributed by atoms with Crippen LogP contribution in [-0.2, 0) is 0 Å². The molecular weight excluding hydrogens is 265 g/mol. The van der Waals surface area contributed by atoms with E-state index in [4.69, 9.17) is 0 Å². The fourth-order valence-electron chi connectivity index (χ4n) is 2.96. The lowest BCUT2D eigenvalue weighted by molar-refractivity contribution is 0.153. The number of halogens is 3. The Morgan fingerprint density at radius 1 is 1.10 bits per heavy atom. The molecule has 0 amide bonds. The fourth-order valence-corrected chi connectivity index (χ4v) is 2.96. The predicted octanol–water partition coefficient (Wildman–Crippen LogP) is 2.85. The summed E-state index contributed by atoms with van der Waals surface area (Å²) in [5, 5.41) is 3.23. The van der Waals surface area contributed by atoms with E-state index >= 15 is 0 Å². The minimum absolute atomic E-state index is 0.0844. The molecule has 1 N–H and O–H groups in total. The van der Waals surface area contributed by atoms with E-state index in [1.54, 1.807) is 0 Å². The monoisotopic (exact) mass is 284 g/mol. The predicted molar refractivity (Wildman–Crippen MR) is 70.8 cm³/mol. The summed E-state index contributed by atoms with van der Waals surface area (Å²) in [4.78, 5) is 2.08. The van der Waals surface area contributed by atoms with Crippen molar-refractivity contribution < 1.29 is 13.2 Å². The van der Waals surface area contributed by atoms with Crippen LogP contribution in [0.25, 0.3) is 0 Å². The Labute approximate surface area is 117 Å². The topological polar surface area (TPSA) is 15.3 Å². The zero-order valence-corrected chi connectivity index (χ0v) is 11.3. The van der Waals surface area contributed by atoms with Gasteiger partial charge in [0.05, 0.1) is 0 Å². The maximum absolute atomic E-state index is 14.1. The van der Waals surface area contributed by atoms with E-state index < -0.39 is 17.5 Å². The third-order valence-corrected chi connectivity index (χ3v) is 4.26. The molecule has 0 spiro atoms. The third-order valence-electron chi connectivity index (χ3n) is 4.26. The Hall–Kier alpha value is -1.07. The smallest absolute Gasteiger partial charge is 0.166 e. The lowest BCUT2D eigenvalue weighted by atomic mass is 9.97. The van der Waals surface area contributed by atoms with Gasteiger partial charge in [-0.2, -0.15) is 0 Å². The molecule has 0 bridgehead atoms. The average Bonchev–Trinajstić information content (AvgIpc) is 3.27. The van der Waals surface area contributed by atoms with Gasteiger partial charge in [-0.25, -0.2) is 13.2 Å². The van der Waals surface area contributed by atoms with Crippen molar-refractivity contribution in [2.45, 2.75) is 25.3 Å². The van der Waals surface area contributed by atoms with Crippen molar-refractivity contribution in [2.24, 2.45) is 5.92 Å². The highest BCUT2D eigenvalue weighted by molar-refractivity contribution is 5.25. The zero-order valence-electron chi connectivity index (χ0n) is 11.3. The molecule has 1 heterocycles. The van der Waals surface area contributed by atoms with Crippen molar-refractivity contribution in [3.63, 3.8) is 0 Å². The highest BCUT2D eigenvalue weighted by Gasteiger charge is 2.34. The minimum Gasteiger partial charge on any atom is -0.314 e. The second kappa shape index (κ2) is 5.74. The molecule has 1 aromatic rings. The number of piperazine rings is 1. The summed E-state index contributed by atoms with van der Waals surface area (Å²) in [5.74, 6) is -2.09. The largest absolute Gasteiger partial charge is 0.314 e. The summed E-state index contributed by atoms with van der Waals surface area (Å²) in [5.41, 5.74) is -0.0844. The molecule has 0 radical (unpaired) electrons. The zero-order chi connectivity index (χ0) is 14.1. The van der Waals surface area contributed by atoms with Gasteiger partial charge >= 0.3 is 0 Å². The Morgan fingerprint density at radius 2 is 1.75 bits per heavy atom. The second-order valence-corrected chi connectivity index (χ2v) is 5.74. The SMILES string of the molecule is Fc1ccc(F)c([C@H](CC2CC2)N2CCNCC2)c1F. The Kier molecular flexibility index (Phi) is 3.98. The van der Waals surface area contributed by atoms with Crippen LogP contribution in [0.2, 0.25) is 0 Å². The Balaban J connectivity index is 1.93. The van der Waals surface area contributed by atoms with Crippen molar-refractivity contribution in [1.82, 2.24) is 10.2 Å². The summed E-state index contributed by atoms with van der Waals surface area (Å²) in [6.07, 6.45) is 2.94. The molecule has 5 heteroatoms. The molecule has 1 aromatic carbocycles. The van der Waals surface area contributed by atoms with Crippen molar-refractivity contribution in [3.8, 4) is 0 Å². The van der Waals surface area contributed by atoms with Gasteiger partial charge in [-0.15, -0.1) is 0 Å². The minimum atomic E-state index is -1.02. The molecule has 110 valence electrons. The van der Waals surface area contributed by atoms with Crippen LogP contribution in [0.5, 0.6) is 0 Å². The fraction of sp³-hybridized carbons (Fsp3) is 0.600. The lowest BCUT2D eigenvalue weighted by Gasteiger charge is -2.35. The molecule has 1 atom stereocenters. The summed E-state index contributed by atoms with van der Waals surface area (Å²) in [6, 6.07) is 1.55. The van der Waals surface area contributed by atoms with E-state index in [-0.39, 0.29) is 11.6 Å². The van der Waals surface area contributed by atoms with Gasteiger partial charge in [0.25, 0.3) is 0 Å². The second-order valence-electron chi connectivity index (χ2n) is 5.74. The summed E-state index contributed by atoms with van der Waals surface area (Å²) in [6.45, 7) is 3.10. The van der Waals surface area contributed by atoms with Crippen LogP contribution < -0.4 is 5.32 Å². The highest BCUT2D eigenvalue weighted by Crippen LogP contribution is 2.41. The van der Waals surface area contributed by atoms with Crippen molar-refractivity contribution >= 4 is 0 Å².